The van der Waals surface area contributed by atoms with Crippen LogP contribution < -0.4 is 10.4 Å². The van der Waals surface area contributed by atoms with Crippen molar-refractivity contribution in [1.29, 1.82) is 0 Å². The zero-order valence-corrected chi connectivity index (χ0v) is 13.9. The van der Waals surface area contributed by atoms with Gasteiger partial charge in [0.1, 0.15) is 5.75 Å². The summed E-state index contributed by atoms with van der Waals surface area (Å²) in [4.78, 5) is 31.3. The Bertz CT molecular complexity index is 971. The zero-order chi connectivity index (χ0) is 17.8. The van der Waals surface area contributed by atoms with Crippen molar-refractivity contribution >= 4 is 16.9 Å². The average Bonchev–Trinajstić information content (AvgIpc) is 3.00. The molecule has 0 fully saturated rings. The van der Waals surface area contributed by atoms with Crippen molar-refractivity contribution in [2.75, 3.05) is 13.7 Å². The standard InChI is InChI=1S/C19H19N3O3/c1-3-10-22(12-14-6-4-5-7-17(14)25-2)18(23)13-8-9-15-16(11-13)21-19(24)20-15/h3-9,11H,1,10,12H2,2H3,(H2,20,21,24). The molecule has 0 radical (unpaired) electrons. The van der Waals surface area contributed by atoms with E-state index in [1.807, 2.05) is 24.3 Å². The maximum atomic E-state index is 12.9. The smallest absolute Gasteiger partial charge is 0.323 e. The molecule has 0 atom stereocenters. The second kappa shape index (κ2) is 7.09. The van der Waals surface area contributed by atoms with Crippen molar-refractivity contribution in [1.82, 2.24) is 14.9 Å². The number of aromatic amines is 2. The molecule has 2 aromatic carbocycles. The number of carbonyl (C=O) groups is 1. The van der Waals surface area contributed by atoms with Crippen LogP contribution in [-0.2, 0) is 6.54 Å². The van der Waals surface area contributed by atoms with E-state index < -0.39 is 0 Å². The van der Waals surface area contributed by atoms with Crippen LogP contribution in [0.1, 0.15) is 15.9 Å². The number of para-hydroxylation sites is 1. The summed E-state index contributed by atoms with van der Waals surface area (Å²) in [5, 5.41) is 0. The number of imidazole rings is 1. The third-order valence-electron chi connectivity index (χ3n) is 3.95. The van der Waals surface area contributed by atoms with Crippen LogP contribution in [0.3, 0.4) is 0 Å². The first kappa shape index (κ1) is 16.6. The lowest BCUT2D eigenvalue weighted by molar-refractivity contribution is 0.0762. The van der Waals surface area contributed by atoms with Crippen LogP contribution in [-0.4, -0.2) is 34.4 Å². The molecular formula is C19H19N3O3. The molecule has 3 rings (SSSR count). The Morgan fingerprint density at radius 3 is 2.72 bits per heavy atom. The fourth-order valence-corrected chi connectivity index (χ4v) is 2.76. The fourth-order valence-electron chi connectivity index (χ4n) is 2.76. The number of nitrogens with one attached hydrogen (secondary N) is 2. The molecule has 128 valence electrons. The maximum absolute atomic E-state index is 12.9. The number of hydrogen-bond acceptors (Lipinski definition) is 3. The van der Waals surface area contributed by atoms with Gasteiger partial charge in [0.2, 0.25) is 0 Å². The number of fused-ring (bicyclic) bond motifs is 1. The highest BCUT2D eigenvalue weighted by atomic mass is 16.5. The Kier molecular flexibility index (Phi) is 4.70. The second-order valence-corrected chi connectivity index (χ2v) is 5.63. The number of carbonyl (C=O) groups excluding carboxylic acids is 1. The zero-order valence-electron chi connectivity index (χ0n) is 13.9. The van der Waals surface area contributed by atoms with Gasteiger partial charge in [-0.05, 0) is 24.3 Å². The molecule has 0 aliphatic carbocycles. The second-order valence-electron chi connectivity index (χ2n) is 5.63. The van der Waals surface area contributed by atoms with Gasteiger partial charge in [-0.2, -0.15) is 0 Å². The number of aromatic nitrogens is 2. The van der Waals surface area contributed by atoms with Crippen LogP contribution in [0.25, 0.3) is 11.0 Å². The Morgan fingerprint density at radius 2 is 1.96 bits per heavy atom. The Labute approximate surface area is 144 Å². The predicted octanol–water partition coefficient (Wildman–Crippen LogP) is 2.69. The largest absolute Gasteiger partial charge is 0.496 e. The number of ether oxygens (including phenoxy) is 1. The maximum Gasteiger partial charge on any atom is 0.323 e. The van der Waals surface area contributed by atoms with Crippen molar-refractivity contribution in [2.24, 2.45) is 0 Å². The van der Waals surface area contributed by atoms with E-state index in [0.29, 0.717) is 29.7 Å². The number of benzene rings is 2. The minimum absolute atomic E-state index is 0.144. The third kappa shape index (κ3) is 3.47. The summed E-state index contributed by atoms with van der Waals surface area (Å²) in [6, 6.07) is 12.7. The minimum atomic E-state index is -0.295. The molecule has 25 heavy (non-hydrogen) atoms. The normalized spacial score (nSPS) is 10.6. The number of amides is 1. The van der Waals surface area contributed by atoms with E-state index in [1.165, 1.54) is 0 Å². The van der Waals surface area contributed by atoms with E-state index in [2.05, 4.69) is 16.5 Å². The van der Waals surface area contributed by atoms with Gasteiger partial charge in [0.15, 0.2) is 0 Å². The topological polar surface area (TPSA) is 78.2 Å². The number of nitrogens with zero attached hydrogens (tertiary/aromatic N) is 1. The summed E-state index contributed by atoms with van der Waals surface area (Å²) in [5.41, 5.74) is 2.39. The number of H-pyrrole nitrogens is 2. The van der Waals surface area contributed by atoms with Crippen molar-refractivity contribution in [3.05, 3.63) is 76.7 Å². The Hall–Kier alpha value is -3.28. The number of rotatable bonds is 6. The van der Waals surface area contributed by atoms with E-state index in [0.717, 1.165) is 11.3 Å². The van der Waals surface area contributed by atoms with Crippen LogP contribution in [0.4, 0.5) is 0 Å². The van der Waals surface area contributed by atoms with Gasteiger partial charge in [-0.3, -0.25) is 4.79 Å². The van der Waals surface area contributed by atoms with Crippen LogP contribution >= 0.6 is 0 Å². The van der Waals surface area contributed by atoms with E-state index in [1.54, 1.807) is 36.3 Å². The first-order valence-electron chi connectivity index (χ1n) is 7.86. The lowest BCUT2D eigenvalue weighted by atomic mass is 10.1. The summed E-state index contributed by atoms with van der Waals surface area (Å²) in [6.07, 6.45) is 1.68. The predicted molar refractivity (Wildman–Crippen MR) is 96.9 cm³/mol. The van der Waals surface area contributed by atoms with Crippen molar-refractivity contribution in [3.63, 3.8) is 0 Å². The van der Waals surface area contributed by atoms with Crippen LogP contribution in [0.2, 0.25) is 0 Å². The van der Waals surface area contributed by atoms with Crippen molar-refractivity contribution in [3.8, 4) is 5.75 Å². The van der Waals surface area contributed by atoms with E-state index in [4.69, 9.17) is 4.74 Å². The van der Waals surface area contributed by atoms with Crippen LogP contribution in [0.15, 0.2) is 59.9 Å². The highest BCUT2D eigenvalue weighted by Crippen LogP contribution is 2.21. The summed E-state index contributed by atoms with van der Waals surface area (Å²) >= 11 is 0. The lowest BCUT2D eigenvalue weighted by Gasteiger charge is -2.22. The van der Waals surface area contributed by atoms with E-state index in [-0.39, 0.29) is 11.6 Å². The highest BCUT2D eigenvalue weighted by molar-refractivity contribution is 5.97. The molecule has 0 bridgehead atoms. The molecule has 1 heterocycles. The molecule has 1 amide bonds. The van der Waals surface area contributed by atoms with Gasteiger partial charge in [0, 0.05) is 24.2 Å². The first-order chi connectivity index (χ1) is 12.1. The van der Waals surface area contributed by atoms with Gasteiger partial charge in [0.25, 0.3) is 5.91 Å². The number of hydrogen-bond donors (Lipinski definition) is 2. The van der Waals surface area contributed by atoms with Crippen LogP contribution in [0, 0.1) is 0 Å². The summed E-state index contributed by atoms with van der Waals surface area (Å²) in [6.45, 7) is 4.54. The quantitative estimate of drug-likeness (QED) is 0.679. The van der Waals surface area contributed by atoms with E-state index in [9.17, 15) is 9.59 Å². The third-order valence-corrected chi connectivity index (χ3v) is 3.95. The number of methoxy groups -OCH3 is 1. The molecule has 0 spiro atoms. The molecule has 0 unspecified atom stereocenters. The van der Waals surface area contributed by atoms with Gasteiger partial charge in [0.05, 0.1) is 18.1 Å². The van der Waals surface area contributed by atoms with Gasteiger partial charge >= 0.3 is 5.69 Å². The monoisotopic (exact) mass is 337 g/mol. The van der Waals surface area contributed by atoms with Gasteiger partial charge in [-0.1, -0.05) is 24.3 Å². The molecule has 0 aliphatic rings. The van der Waals surface area contributed by atoms with Crippen molar-refractivity contribution in [2.45, 2.75) is 6.54 Å². The Morgan fingerprint density at radius 1 is 1.20 bits per heavy atom. The molecule has 6 heteroatoms. The Balaban J connectivity index is 1.91. The molecule has 0 saturated heterocycles. The van der Waals surface area contributed by atoms with Gasteiger partial charge < -0.3 is 19.6 Å². The SMILES string of the molecule is C=CCN(Cc1ccccc1OC)C(=O)c1ccc2[nH]c(=O)[nH]c2c1. The molecule has 0 aliphatic heterocycles. The fraction of sp³-hybridized carbons (Fsp3) is 0.158. The van der Waals surface area contributed by atoms with Gasteiger partial charge in [-0.15, -0.1) is 6.58 Å². The summed E-state index contributed by atoms with van der Waals surface area (Å²) in [7, 11) is 1.61. The van der Waals surface area contributed by atoms with Crippen molar-refractivity contribution < 1.29 is 9.53 Å². The molecule has 3 aromatic rings. The van der Waals surface area contributed by atoms with Gasteiger partial charge in [-0.25, -0.2) is 4.79 Å². The minimum Gasteiger partial charge on any atom is -0.496 e. The molecule has 6 nitrogen and oxygen atoms in total. The lowest BCUT2D eigenvalue weighted by Crippen LogP contribution is -2.30. The van der Waals surface area contributed by atoms with Crippen LogP contribution in [0.5, 0.6) is 5.75 Å². The summed E-state index contributed by atoms with van der Waals surface area (Å²) in [5.74, 6) is 0.588. The average molecular weight is 337 g/mol. The first-order valence-corrected chi connectivity index (χ1v) is 7.86. The molecule has 0 saturated carbocycles. The molecular weight excluding hydrogens is 318 g/mol. The molecule has 2 N–H and O–H groups in total. The highest BCUT2D eigenvalue weighted by Gasteiger charge is 2.17. The van der Waals surface area contributed by atoms with E-state index >= 15 is 0 Å². The molecule has 1 aromatic heterocycles. The summed E-state index contributed by atoms with van der Waals surface area (Å²) < 4.78 is 5.36.